The highest BCUT2D eigenvalue weighted by molar-refractivity contribution is 9.10. The summed E-state index contributed by atoms with van der Waals surface area (Å²) >= 11 is 3.34. The monoisotopic (exact) mass is 408 g/mol. The van der Waals surface area contributed by atoms with Crippen LogP contribution in [0, 0.1) is 0 Å². The standard InChI is InChI=1S/C18H21BrN2O2S/c19-17-6-8-18(9-7-17)24(22,23)21-14-12-20(13-15-21)11-10-16-4-2-1-3-5-16/h1-9H,10-15H2. The molecule has 0 amide bonds. The number of benzene rings is 2. The minimum absolute atomic E-state index is 0.364. The number of piperazine rings is 1. The van der Waals surface area contributed by atoms with Crippen LogP contribution in [0.3, 0.4) is 0 Å². The van der Waals surface area contributed by atoms with E-state index in [0.717, 1.165) is 30.5 Å². The molecule has 0 unspecified atom stereocenters. The van der Waals surface area contributed by atoms with Crippen molar-refractivity contribution in [1.29, 1.82) is 0 Å². The van der Waals surface area contributed by atoms with E-state index >= 15 is 0 Å². The first-order valence-electron chi connectivity index (χ1n) is 8.08. The topological polar surface area (TPSA) is 40.6 Å². The minimum atomic E-state index is -3.38. The summed E-state index contributed by atoms with van der Waals surface area (Å²) in [5, 5.41) is 0. The quantitative estimate of drug-likeness (QED) is 0.763. The smallest absolute Gasteiger partial charge is 0.243 e. The summed E-state index contributed by atoms with van der Waals surface area (Å²) in [4.78, 5) is 2.70. The number of rotatable bonds is 5. The molecular weight excluding hydrogens is 388 g/mol. The van der Waals surface area contributed by atoms with E-state index in [4.69, 9.17) is 0 Å². The maximum atomic E-state index is 12.7. The van der Waals surface area contributed by atoms with E-state index in [9.17, 15) is 8.42 Å². The van der Waals surface area contributed by atoms with E-state index in [1.807, 2.05) is 6.07 Å². The molecule has 4 nitrogen and oxygen atoms in total. The Morgan fingerprint density at radius 2 is 1.50 bits per heavy atom. The van der Waals surface area contributed by atoms with E-state index in [0.29, 0.717) is 18.0 Å². The van der Waals surface area contributed by atoms with Crippen LogP contribution in [-0.2, 0) is 16.4 Å². The summed E-state index contributed by atoms with van der Waals surface area (Å²) in [5.41, 5.74) is 1.32. The Bertz CT molecular complexity index is 755. The highest BCUT2D eigenvalue weighted by Crippen LogP contribution is 2.20. The zero-order valence-corrected chi connectivity index (χ0v) is 15.8. The first-order valence-corrected chi connectivity index (χ1v) is 10.3. The Morgan fingerprint density at radius 3 is 2.12 bits per heavy atom. The van der Waals surface area contributed by atoms with Crippen LogP contribution in [0.5, 0.6) is 0 Å². The van der Waals surface area contributed by atoms with E-state index in [-0.39, 0.29) is 0 Å². The normalized spacial score (nSPS) is 17.0. The van der Waals surface area contributed by atoms with Gasteiger partial charge in [0.2, 0.25) is 10.0 Å². The Hall–Kier alpha value is -1.21. The zero-order valence-electron chi connectivity index (χ0n) is 13.4. The molecule has 1 heterocycles. The van der Waals surface area contributed by atoms with Crippen LogP contribution >= 0.6 is 15.9 Å². The van der Waals surface area contributed by atoms with Crippen molar-refractivity contribution >= 4 is 26.0 Å². The van der Waals surface area contributed by atoms with E-state index in [1.165, 1.54) is 5.56 Å². The molecule has 24 heavy (non-hydrogen) atoms. The molecule has 1 saturated heterocycles. The van der Waals surface area contributed by atoms with Crippen molar-refractivity contribution in [1.82, 2.24) is 9.21 Å². The van der Waals surface area contributed by atoms with Gasteiger partial charge in [-0.15, -0.1) is 0 Å². The summed E-state index contributed by atoms with van der Waals surface area (Å²) in [6.07, 6.45) is 1.00. The minimum Gasteiger partial charge on any atom is -0.300 e. The van der Waals surface area contributed by atoms with E-state index in [2.05, 4.69) is 45.1 Å². The van der Waals surface area contributed by atoms with Gasteiger partial charge in [-0.1, -0.05) is 46.3 Å². The molecule has 0 bridgehead atoms. The van der Waals surface area contributed by atoms with Gasteiger partial charge in [-0.2, -0.15) is 4.31 Å². The lowest BCUT2D eigenvalue weighted by Gasteiger charge is -2.34. The molecule has 3 rings (SSSR count). The molecule has 0 saturated carbocycles. The average molecular weight is 409 g/mol. The lowest BCUT2D eigenvalue weighted by molar-refractivity contribution is 0.190. The van der Waals surface area contributed by atoms with Gasteiger partial charge in [0.1, 0.15) is 0 Å². The van der Waals surface area contributed by atoms with Gasteiger partial charge < -0.3 is 4.90 Å². The number of hydrogen-bond acceptors (Lipinski definition) is 3. The average Bonchev–Trinajstić information content (AvgIpc) is 2.61. The molecule has 6 heteroatoms. The molecule has 1 aliphatic heterocycles. The van der Waals surface area contributed by atoms with Crippen molar-refractivity contribution in [2.45, 2.75) is 11.3 Å². The summed E-state index contributed by atoms with van der Waals surface area (Å²) in [6.45, 7) is 3.63. The fourth-order valence-electron chi connectivity index (χ4n) is 2.88. The highest BCUT2D eigenvalue weighted by Gasteiger charge is 2.28. The van der Waals surface area contributed by atoms with Gasteiger partial charge in [0.25, 0.3) is 0 Å². The molecule has 0 aromatic heterocycles. The predicted octanol–water partition coefficient (Wildman–Crippen LogP) is 3.00. The molecule has 2 aromatic carbocycles. The zero-order chi connectivity index (χ0) is 17.0. The van der Waals surface area contributed by atoms with Crippen molar-refractivity contribution in [3.8, 4) is 0 Å². The molecule has 0 N–H and O–H groups in total. The third-order valence-electron chi connectivity index (χ3n) is 4.34. The molecule has 1 aliphatic rings. The summed E-state index contributed by atoms with van der Waals surface area (Å²) in [6, 6.07) is 17.2. The lowest BCUT2D eigenvalue weighted by Crippen LogP contribution is -2.48. The Morgan fingerprint density at radius 1 is 0.875 bits per heavy atom. The van der Waals surface area contributed by atoms with Gasteiger partial charge >= 0.3 is 0 Å². The number of hydrogen-bond donors (Lipinski definition) is 0. The first-order chi connectivity index (χ1) is 11.6. The van der Waals surface area contributed by atoms with Crippen LogP contribution in [0.4, 0.5) is 0 Å². The van der Waals surface area contributed by atoms with Crippen LogP contribution in [0.15, 0.2) is 64.0 Å². The van der Waals surface area contributed by atoms with Crippen molar-refractivity contribution in [3.05, 3.63) is 64.6 Å². The maximum absolute atomic E-state index is 12.7. The van der Waals surface area contributed by atoms with Crippen molar-refractivity contribution in [3.63, 3.8) is 0 Å². The molecule has 0 radical (unpaired) electrons. The summed E-state index contributed by atoms with van der Waals surface area (Å²) < 4.78 is 27.8. The van der Waals surface area contributed by atoms with Crippen molar-refractivity contribution in [2.24, 2.45) is 0 Å². The Labute approximate surface area is 152 Å². The summed E-state index contributed by atoms with van der Waals surface area (Å²) in [7, 11) is -3.38. The molecule has 2 aromatic rings. The van der Waals surface area contributed by atoms with Gasteiger partial charge in [0.15, 0.2) is 0 Å². The fraction of sp³-hybridized carbons (Fsp3) is 0.333. The van der Waals surface area contributed by atoms with E-state index < -0.39 is 10.0 Å². The van der Waals surface area contributed by atoms with Gasteiger partial charge in [-0.3, -0.25) is 0 Å². The van der Waals surface area contributed by atoms with Crippen LogP contribution < -0.4 is 0 Å². The molecular formula is C18H21BrN2O2S. The Balaban J connectivity index is 1.55. The SMILES string of the molecule is O=S(=O)(c1ccc(Br)cc1)N1CCN(CCc2ccccc2)CC1. The van der Waals surface area contributed by atoms with Crippen LogP contribution in [-0.4, -0.2) is 50.3 Å². The molecule has 0 atom stereocenters. The van der Waals surface area contributed by atoms with Crippen molar-refractivity contribution in [2.75, 3.05) is 32.7 Å². The lowest BCUT2D eigenvalue weighted by atomic mass is 10.1. The molecule has 0 spiro atoms. The first kappa shape index (κ1) is 17.6. The van der Waals surface area contributed by atoms with Crippen LogP contribution in [0.1, 0.15) is 5.56 Å². The second-order valence-corrected chi connectivity index (χ2v) is 8.79. The summed E-state index contributed by atoms with van der Waals surface area (Å²) in [5.74, 6) is 0. The van der Waals surface area contributed by atoms with Crippen LogP contribution in [0.2, 0.25) is 0 Å². The second-order valence-electron chi connectivity index (χ2n) is 5.94. The third kappa shape index (κ3) is 4.25. The predicted molar refractivity (Wildman–Crippen MR) is 99.5 cm³/mol. The molecule has 0 aliphatic carbocycles. The van der Waals surface area contributed by atoms with Crippen LogP contribution in [0.25, 0.3) is 0 Å². The largest absolute Gasteiger partial charge is 0.300 e. The Kier molecular flexibility index (Phi) is 5.71. The third-order valence-corrected chi connectivity index (χ3v) is 6.78. The number of halogens is 1. The number of nitrogens with zero attached hydrogens (tertiary/aromatic N) is 2. The van der Waals surface area contributed by atoms with Gasteiger partial charge in [0, 0.05) is 37.2 Å². The highest BCUT2D eigenvalue weighted by atomic mass is 79.9. The van der Waals surface area contributed by atoms with Gasteiger partial charge in [0.05, 0.1) is 4.90 Å². The molecule has 1 fully saturated rings. The number of sulfonamides is 1. The van der Waals surface area contributed by atoms with Gasteiger partial charge in [-0.05, 0) is 36.2 Å². The van der Waals surface area contributed by atoms with E-state index in [1.54, 1.807) is 28.6 Å². The van der Waals surface area contributed by atoms with Crippen molar-refractivity contribution < 1.29 is 8.42 Å². The van der Waals surface area contributed by atoms with Gasteiger partial charge in [-0.25, -0.2) is 8.42 Å². The fourth-order valence-corrected chi connectivity index (χ4v) is 4.57. The molecule has 128 valence electrons. The second kappa shape index (κ2) is 7.78. The maximum Gasteiger partial charge on any atom is 0.243 e.